The van der Waals surface area contributed by atoms with Gasteiger partial charge in [0.2, 0.25) is 5.88 Å². The van der Waals surface area contributed by atoms with Gasteiger partial charge in [0, 0.05) is 23.9 Å². The van der Waals surface area contributed by atoms with Crippen molar-refractivity contribution in [3.05, 3.63) is 47.2 Å². The van der Waals surface area contributed by atoms with Gasteiger partial charge in [0.15, 0.2) is 22.6 Å². The van der Waals surface area contributed by atoms with Gasteiger partial charge >= 0.3 is 0 Å². The maximum absolute atomic E-state index is 14.1. The van der Waals surface area contributed by atoms with Gasteiger partial charge in [0.1, 0.15) is 11.7 Å². The maximum atomic E-state index is 14.1. The Labute approximate surface area is 207 Å². The van der Waals surface area contributed by atoms with E-state index in [9.17, 15) is 17.2 Å². The zero-order valence-electron chi connectivity index (χ0n) is 19.8. The summed E-state index contributed by atoms with van der Waals surface area (Å²) in [6, 6.07) is 4.94. The number of nitrogens with two attached hydrogens (primary N) is 1. The van der Waals surface area contributed by atoms with Crippen LogP contribution in [0.2, 0.25) is 0 Å². The van der Waals surface area contributed by atoms with E-state index in [0.717, 1.165) is 22.1 Å². The number of thioether (sulfide) groups is 1. The molecule has 0 radical (unpaired) electrons. The molecule has 1 unspecified atom stereocenters. The summed E-state index contributed by atoms with van der Waals surface area (Å²) in [5.74, 6) is -2.37. The SMILES string of the molecule is CC1(C)OC[C@@H](C(C)(C)Oc2cc(C3CCN3S(N)(=O)=O)nc(SCc3cccc(F)c3F)n2)O1. The third-order valence-corrected chi connectivity index (χ3v) is 7.87. The molecule has 2 N–H and O–H groups in total. The standard InChI is InChI=1S/C22H28F2N4O5S2/c1-21(2,17-11-31-22(3,4)32-17)33-18-10-15(16-8-9-28(16)35(25,29)30)26-20(27-18)34-12-13-6-5-7-14(23)19(13)24/h5-7,10,16-17H,8-9,11-12H2,1-4H3,(H2,25,29,30)/t16?,17-/m0/s1. The molecule has 2 aromatic rings. The lowest BCUT2D eigenvalue weighted by molar-refractivity contribution is -0.159. The predicted molar refractivity (Wildman–Crippen MR) is 125 cm³/mol. The van der Waals surface area contributed by atoms with Crippen LogP contribution >= 0.6 is 11.8 Å². The first-order valence-corrected chi connectivity index (χ1v) is 13.5. The molecule has 192 valence electrons. The number of halogens is 2. The predicted octanol–water partition coefficient (Wildman–Crippen LogP) is 3.31. The lowest BCUT2D eigenvalue weighted by atomic mass is 10.0. The lowest BCUT2D eigenvalue weighted by Crippen LogP contribution is -2.48. The zero-order chi connectivity index (χ0) is 25.6. The second kappa shape index (κ2) is 9.52. The van der Waals surface area contributed by atoms with Crippen molar-refractivity contribution in [3.63, 3.8) is 0 Å². The Morgan fingerprint density at radius 2 is 2.06 bits per heavy atom. The van der Waals surface area contributed by atoms with Gasteiger partial charge in [-0.25, -0.2) is 18.9 Å². The highest BCUT2D eigenvalue weighted by Crippen LogP contribution is 2.37. The third kappa shape index (κ3) is 5.92. The van der Waals surface area contributed by atoms with E-state index >= 15 is 0 Å². The highest BCUT2D eigenvalue weighted by Gasteiger charge is 2.44. The molecule has 4 rings (SSSR count). The lowest BCUT2D eigenvalue weighted by Gasteiger charge is -2.38. The summed E-state index contributed by atoms with van der Waals surface area (Å²) in [4.78, 5) is 8.91. The first-order valence-electron chi connectivity index (χ1n) is 11.0. The molecule has 2 aliphatic rings. The Hall–Kier alpha value is -1.90. The van der Waals surface area contributed by atoms with Crippen molar-refractivity contribution in [2.24, 2.45) is 5.14 Å². The van der Waals surface area contributed by atoms with E-state index < -0.39 is 45.4 Å². The van der Waals surface area contributed by atoms with Crippen LogP contribution in [0.25, 0.3) is 0 Å². The topological polar surface area (TPSA) is 117 Å². The summed E-state index contributed by atoms with van der Waals surface area (Å²) in [7, 11) is -3.92. The second-order valence-electron chi connectivity index (χ2n) is 9.40. The quantitative estimate of drug-likeness (QED) is 0.408. The van der Waals surface area contributed by atoms with Crippen molar-refractivity contribution in [1.82, 2.24) is 14.3 Å². The van der Waals surface area contributed by atoms with E-state index in [0.29, 0.717) is 18.7 Å². The van der Waals surface area contributed by atoms with E-state index in [1.807, 2.05) is 27.7 Å². The maximum Gasteiger partial charge on any atom is 0.277 e. The molecule has 13 heteroatoms. The summed E-state index contributed by atoms with van der Waals surface area (Å²) in [5.41, 5.74) is -0.299. The number of nitrogens with zero attached hydrogens (tertiary/aromatic N) is 3. The zero-order valence-corrected chi connectivity index (χ0v) is 21.5. The Balaban J connectivity index is 1.62. The minimum absolute atomic E-state index is 0.0627. The second-order valence-corrected chi connectivity index (χ2v) is 11.8. The Kier molecular flexibility index (Phi) is 7.12. The molecule has 2 atom stereocenters. The minimum atomic E-state index is -3.92. The molecule has 35 heavy (non-hydrogen) atoms. The smallest absolute Gasteiger partial charge is 0.277 e. The van der Waals surface area contributed by atoms with Crippen LogP contribution < -0.4 is 9.88 Å². The van der Waals surface area contributed by atoms with Gasteiger partial charge in [-0.3, -0.25) is 0 Å². The summed E-state index contributed by atoms with van der Waals surface area (Å²) in [6.45, 7) is 7.88. The summed E-state index contributed by atoms with van der Waals surface area (Å²) in [5, 5.41) is 5.55. The van der Waals surface area contributed by atoms with Gasteiger partial charge in [-0.15, -0.1) is 0 Å². The summed E-state index contributed by atoms with van der Waals surface area (Å²) >= 11 is 1.08. The first kappa shape index (κ1) is 26.2. The molecular weight excluding hydrogens is 502 g/mol. The van der Waals surface area contributed by atoms with Crippen molar-refractivity contribution < 1.29 is 31.4 Å². The highest BCUT2D eigenvalue weighted by atomic mass is 32.2. The molecule has 0 bridgehead atoms. The molecule has 0 spiro atoms. The van der Waals surface area contributed by atoms with Crippen LogP contribution in [-0.2, 0) is 25.4 Å². The Bertz CT molecular complexity index is 1210. The van der Waals surface area contributed by atoms with E-state index in [1.165, 1.54) is 12.1 Å². The fraction of sp³-hybridized carbons (Fsp3) is 0.545. The van der Waals surface area contributed by atoms with Gasteiger partial charge in [0.05, 0.1) is 18.3 Å². The Morgan fingerprint density at radius 1 is 1.31 bits per heavy atom. The molecular formula is C22H28F2N4O5S2. The first-order chi connectivity index (χ1) is 16.2. The largest absolute Gasteiger partial charge is 0.469 e. The average Bonchev–Trinajstić information content (AvgIpc) is 3.07. The van der Waals surface area contributed by atoms with Crippen LogP contribution in [0.4, 0.5) is 8.78 Å². The van der Waals surface area contributed by atoms with Crippen molar-refractivity contribution in [1.29, 1.82) is 0 Å². The molecule has 0 aliphatic carbocycles. The summed E-state index contributed by atoms with van der Waals surface area (Å²) in [6.07, 6.45) is 0.130. The van der Waals surface area contributed by atoms with Crippen molar-refractivity contribution in [3.8, 4) is 5.88 Å². The molecule has 2 saturated heterocycles. The van der Waals surface area contributed by atoms with Crippen LogP contribution in [-0.4, -0.2) is 53.3 Å². The van der Waals surface area contributed by atoms with Crippen LogP contribution in [0, 0.1) is 11.6 Å². The number of rotatable bonds is 8. The molecule has 0 saturated carbocycles. The van der Waals surface area contributed by atoms with Crippen LogP contribution in [0.5, 0.6) is 5.88 Å². The number of ether oxygens (including phenoxy) is 3. The molecule has 1 aromatic heterocycles. The van der Waals surface area contributed by atoms with Gasteiger partial charge < -0.3 is 14.2 Å². The van der Waals surface area contributed by atoms with Crippen molar-refractivity contribution in [2.45, 2.75) is 68.6 Å². The van der Waals surface area contributed by atoms with E-state index in [2.05, 4.69) is 9.97 Å². The number of benzene rings is 1. The van der Waals surface area contributed by atoms with Crippen LogP contribution in [0.15, 0.2) is 29.4 Å². The molecule has 2 fully saturated rings. The van der Waals surface area contributed by atoms with Gasteiger partial charge in [-0.1, -0.05) is 23.9 Å². The van der Waals surface area contributed by atoms with Crippen LogP contribution in [0.3, 0.4) is 0 Å². The molecule has 0 amide bonds. The highest BCUT2D eigenvalue weighted by molar-refractivity contribution is 7.98. The van der Waals surface area contributed by atoms with Gasteiger partial charge in [-0.2, -0.15) is 17.7 Å². The molecule has 3 heterocycles. The van der Waals surface area contributed by atoms with Crippen molar-refractivity contribution >= 4 is 22.0 Å². The molecule has 2 aliphatic heterocycles. The number of hydrogen-bond donors (Lipinski definition) is 1. The van der Waals surface area contributed by atoms with Crippen LogP contribution in [0.1, 0.15) is 51.4 Å². The third-order valence-electron chi connectivity index (χ3n) is 5.88. The van der Waals surface area contributed by atoms with E-state index in [4.69, 9.17) is 19.3 Å². The fourth-order valence-electron chi connectivity index (χ4n) is 3.84. The average molecular weight is 531 g/mol. The van der Waals surface area contributed by atoms with E-state index in [-0.39, 0.29) is 28.9 Å². The monoisotopic (exact) mass is 530 g/mol. The minimum Gasteiger partial charge on any atom is -0.469 e. The fourth-order valence-corrected chi connectivity index (χ4v) is 5.60. The van der Waals surface area contributed by atoms with E-state index in [1.54, 1.807) is 6.07 Å². The number of hydrogen-bond acceptors (Lipinski definition) is 8. The number of aromatic nitrogens is 2. The van der Waals surface area contributed by atoms with Crippen molar-refractivity contribution in [2.75, 3.05) is 13.2 Å². The van der Waals surface area contributed by atoms with Gasteiger partial charge in [-0.05, 0) is 40.2 Å². The Morgan fingerprint density at radius 3 is 2.66 bits per heavy atom. The molecule has 1 aromatic carbocycles. The van der Waals surface area contributed by atoms with Gasteiger partial charge in [0.25, 0.3) is 10.2 Å². The summed E-state index contributed by atoms with van der Waals surface area (Å²) < 4.78 is 70.5. The normalized spacial score (nSPS) is 22.7. The molecule has 9 nitrogen and oxygen atoms in total.